The van der Waals surface area contributed by atoms with Gasteiger partial charge in [-0.05, 0) is 36.8 Å². The summed E-state index contributed by atoms with van der Waals surface area (Å²) in [5.74, 6) is 1.24. The number of rotatable bonds is 6. The monoisotopic (exact) mass is 396 g/mol. The van der Waals surface area contributed by atoms with Crippen LogP contribution in [0.3, 0.4) is 0 Å². The molecule has 4 aromatic rings. The highest BCUT2D eigenvalue weighted by atomic mass is 32.2. The summed E-state index contributed by atoms with van der Waals surface area (Å²) in [5, 5.41) is 6.69. The highest BCUT2D eigenvalue weighted by Crippen LogP contribution is 2.32. The maximum Gasteiger partial charge on any atom is 0.232 e. The van der Waals surface area contributed by atoms with E-state index in [-0.39, 0.29) is 12.3 Å². The Kier molecular flexibility index (Phi) is 5.17. The van der Waals surface area contributed by atoms with Gasteiger partial charge in [0.1, 0.15) is 5.76 Å². The number of fused-ring (bicyclic) bond motifs is 1. The number of benzene rings is 1. The molecule has 0 saturated heterocycles. The topological polar surface area (TPSA) is 80.9 Å². The zero-order chi connectivity index (χ0) is 18.6. The minimum atomic E-state index is -0.138. The van der Waals surface area contributed by atoms with Crippen molar-refractivity contribution in [3.8, 4) is 0 Å². The van der Waals surface area contributed by atoms with Crippen molar-refractivity contribution in [3.63, 3.8) is 0 Å². The molecule has 0 unspecified atom stereocenters. The van der Waals surface area contributed by atoms with Crippen molar-refractivity contribution >= 4 is 44.9 Å². The molecule has 1 N–H and O–H groups in total. The van der Waals surface area contributed by atoms with Gasteiger partial charge in [0.15, 0.2) is 4.34 Å². The summed E-state index contributed by atoms with van der Waals surface area (Å²) in [6.07, 6.45) is 3.79. The largest absolute Gasteiger partial charge is 0.361 e. The Morgan fingerprint density at radius 1 is 1.30 bits per heavy atom. The summed E-state index contributed by atoms with van der Waals surface area (Å²) < 4.78 is 7.12. The van der Waals surface area contributed by atoms with E-state index in [0.29, 0.717) is 5.76 Å². The lowest BCUT2D eigenvalue weighted by molar-refractivity contribution is -0.115. The van der Waals surface area contributed by atoms with E-state index < -0.39 is 0 Å². The van der Waals surface area contributed by atoms with Gasteiger partial charge in [-0.2, -0.15) is 0 Å². The Hall–Kier alpha value is -2.71. The zero-order valence-electron chi connectivity index (χ0n) is 14.5. The number of pyridine rings is 1. The standard InChI is InChI=1S/C19H16N4O2S2/c1-12-7-15(25-23-12)9-18(24)21-14-4-5-16-17(8-14)27-19(22-16)26-11-13-3-2-6-20-10-13/h2-8,10H,9,11H2,1H3,(H,21,24). The predicted octanol–water partition coefficient (Wildman–Crippen LogP) is 4.46. The minimum absolute atomic E-state index is 0.138. The molecule has 8 heteroatoms. The number of carbonyl (C=O) groups excluding carboxylic acids is 1. The number of nitrogens with zero attached hydrogens (tertiary/aromatic N) is 3. The lowest BCUT2D eigenvalue weighted by atomic mass is 10.2. The van der Waals surface area contributed by atoms with Crippen LogP contribution in [0, 0.1) is 6.92 Å². The number of nitrogens with one attached hydrogen (secondary N) is 1. The zero-order valence-corrected chi connectivity index (χ0v) is 16.1. The molecule has 27 heavy (non-hydrogen) atoms. The fourth-order valence-corrected chi connectivity index (χ4v) is 4.58. The van der Waals surface area contributed by atoms with Crippen LogP contribution in [0.25, 0.3) is 10.2 Å². The molecule has 0 spiro atoms. The van der Waals surface area contributed by atoms with E-state index in [1.54, 1.807) is 35.4 Å². The van der Waals surface area contributed by atoms with Gasteiger partial charge in [0.25, 0.3) is 0 Å². The van der Waals surface area contributed by atoms with Crippen LogP contribution >= 0.6 is 23.1 Å². The quantitative estimate of drug-likeness (QED) is 0.485. The molecular weight excluding hydrogens is 380 g/mol. The molecular formula is C19H16N4O2S2. The third-order valence-electron chi connectivity index (χ3n) is 3.75. The van der Waals surface area contributed by atoms with Gasteiger partial charge in [0, 0.05) is 29.9 Å². The van der Waals surface area contributed by atoms with Crippen molar-refractivity contribution in [1.29, 1.82) is 0 Å². The van der Waals surface area contributed by atoms with Crippen molar-refractivity contribution in [2.24, 2.45) is 0 Å². The number of hydrogen-bond donors (Lipinski definition) is 1. The summed E-state index contributed by atoms with van der Waals surface area (Å²) in [6.45, 7) is 1.83. The lowest BCUT2D eigenvalue weighted by Gasteiger charge is -2.03. The Bertz CT molecular complexity index is 1080. The number of thiazole rings is 1. The van der Waals surface area contributed by atoms with Crippen LogP contribution in [0.1, 0.15) is 17.0 Å². The van der Waals surface area contributed by atoms with Crippen molar-refractivity contribution in [2.75, 3.05) is 5.32 Å². The Labute approximate surface area is 164 Å². The number of amides is 1. The molecule has 136 valence electrons. The van der Waals surface area contributed by atoms with E-state index in [2.05, 4.69) is 26.5 Å². The van der Waals surface area contributed by atoms with Crippen molar-refractivity contribution in [3.05, 3.63) is 65.8 Å². The number of carbonyl (C=O) groups is 1. The SMILES string of the molecule is Cc1cc(CC(=O)Nc2ccc3nc(SCc4cccnc4)sc3c2)on1. The molecule has 4 rings (SSSR count). The van der Waals surface area contributed by atoms with Gasteiger partial charge in [-0.1, -0.05) is 23.0 Å². The van der Waals surface area contributed by atoms with Crippen LogP contribution in [0.2, 0.25) is 0 Å². The average molecular weight is 396 g/mol. The molecule has 0 fully saturated rings. The average Bonchev–Trinajstić information content (AvgIpc) is 3.26. The van der Waals surface area contributed by atoms with E-state index in [1.807, 2.05) is 37.4 Å². The molecule has 0 bridgehead atoms. The van der Waals surface area contributed by atoms with Gasteiger partial charge >= 0.3 is 0 Å². The first-order chi connectivity index (χ1) is 13.2. The molecule has 0 radical (unpaired) electrons. The first kappa shape index (κ1) is 17.7. The number of thioether (sulfide) groups is 1. The van der Waals surface area contributed by atoms with Gasteiger partial charge in [-0.15, -0.1) is 11.3 Å². The molecule has 3 aromatic heterocycles. The second-order valence-electron chi connectivity index (χ2n) is 5.97. The number of hydrogen-bond acceptors (Lipinski definition) is 7. The lowest BCUT2D eigenvalue weighted by Crippen LogP contribution is -2.13. The van der Waals surface area contributed by atoms with Crippen LogP contribution < -0.4 is 5.32 Å². The van der Waals surface area contributed by atoms with Crippen LogP contribution in [-0.2, 0) is 17.0 Å². The summed E-state index contributed by atoms with van der Waals surface area (Å²) in [5.41, 5.74) is 3.60. The molecule has 0 aliphatic heterocycles. The molecule has 0 aliphatic carbocycles. The third-order valence-corrected chi connectivity index (χ3v) is 5.98. The van der Waals surface area contributed by atoms with Gasteiger partial charge in [0.2, 0.25) is 5.91 Å². The van der Waals surface area contributed by atoms with E-state index in [9.17, 15) is 4.79 Å². The van der Waals surface area contributed by atoms with Gasteiger partial charge in [-0.25, -0.2) is 4.98 Å². The smallest absolute Gasteiger partial charge is 0.232 e. The maximum absolute atomic E-state index is 12.2. The van der Waals surface area contributed by atoms with Gasteiger partial charge in [-0.3, -0.25) is 9.78 Å². The minimum Gasteiger partial charge on any atom is -0.361 e. The van der Waals surface area contributed by atoms with E-state index >= 15 is 0 Å². The second-order valence-corrected chi connectivity index (χ2v) is 8.22. The van der Waals surface area contributed by atoms with Crippen molar-refractivity contribution < 1.29 is 9.32 Å². The van der Waals surface area contributed by atoms with Crippen molar-refractivity contribution in [1.82, 2.24) is 15.1 Å². The van der Waals surface area contributed by atoms with Crippen LogP contribution in [-0.4, -0.2) is 21.0 Å². The Morgan fingerprint density at radius 3 is 3.00 bits per heavy atom. The number of anilines is 1. The van der Waals surface area contributed by atoms with Crippen LogP contribution in [0.15, 0.2) is 57.7 Å². The van der Waals surface area contributed by atoms with Crippen molar-refractivity contribution in [2.45, 2.75) is 23.4 Å². The molecule has 6 nitrogen and oxygen atoms in total. The first-order valence-corrected chi connectivity index (χ1v) is 10.1. The normalized spacial score (nSPS) is 11.0. The van der Waals surface area contributed by atoms with Gasteiger partial charge < -0.3 is 9.84 Å². The predicted molar refractivity (Wildman–Crippen MR) is 107 cm³/mol. The molecule has 3 heterocycles. The molecule has 1 amide bonds. The summed E-state index contributed by atoms with van der Waals surface area (Å²) in [4.78, 5) is 20.9. The third kappa shape index (κ3) is 4.53. The summed E-state index contributed by atoms with van der Waals surface area (Å²) >= 11 is 3.30. The maximum atomic E-state index is 12.2. The van der Waals surface area contributed by atoms with Gasteiger partial charge in [0.05, 0.1) is 22.3 Å². The highest BCUT2D eigenvalue weighted by molar-refractivity contribution is 8.00. The van der Waals surface area contributed by atoms with E-state index in [1.165, 1.54) is 0 Å². The number of aromatic nitrogens is 3. The number of aryl methyl sites for hydroxylation is 1. The first-order valence-electron chi connectivity index (χ1n) is 8.30. The molecule has 0 atom stereocenters. The fraction of sp³-hybridized carbons (Fsp3) is 0.158. The molecule has 0 saturated carbocycles. The Balaban J connectivity index is 1.42. The molecule has 0 aliphatic rings. The second kappa shape index (κ2) is 7.89. The summed E-state index contributed by atoms with van der Waals surface area (Å²) in [6, 6.07) is 11.5. The Morgan fingerprint density at radius 2 is 2.22 bits per heavy atom. The van der Waals surface area contributed by atoms with Crippen LogP contribution in [0.5, 0.6) is 0 Å². The van der Waals surface area contributed by atoms with E-state index in [4.69, 9.17) is 4.52 Å². The summed E-state index contributed by atoms with van der Waals surface area (Å²) in [7, 11) is 0. The van der Waals surface area contributed by atoms with Crippen LogP contribution in [0.4, 0.5) is 5.69 Å². The fourth-order valence-electron chi connectivity index (χ4n) is 2.53. The highest BCUT2D eigenvalue weighted by Gasteiger charge is 2.10. The molecule has 1 aromatic carbocycles. The van der Waals surface area contributed by atoms with E-state index in [0.717, 1.165) is 37.3 Å².